The lowest BCUT2D eigenvalue weighted by Gasteiger charge is -2.07. The van der Waals surface area contributed by atoms with Gasteiger partial charge in [0.25, 0.3) is 9.84 Å². The van der Waals surface area contributed by atoms with Gasteiger partial charge in [-0.25, -0.2) is 26.8 Å². The molecule has 0 aliphatic heterocycles. The van der Waals surface area contributed by atoms with Crippen LogP contribution in [0.1, 0.15) is 6.92 Å². The van der Waals surface area contributed by atoms with Crippen molar-refractivity contribution in [2.45, 2.75) is 22.2 Å². The molecule has 2 heterocycles. The molecule has 0 unspecified atom stereocenters. The normalized spacial score (nSPS) is 13.2. The first-order chi connectivity index (χ1) is 12.9. The van der Waals surface area contributed by atoms with E-state index in [4.69, 9.17) is 16.0 Å². The molecule has 3 aromatic rings. The number of pyridine rings is 1. The second kappa shape index (κ2) is 6.71. The Bertz CT molecular complexity index is 1280. The Morgan fingerprint density at radius 3 is 2.46 bits per heavy atom. The molecule has 0 aliphatic rings. The van der Waals surface area contributed by atoms with Gasteiger partial charge in [-0.05, 0) is 24.3 Å². The molecule has 1 aromatic carbocycles. The maximum Gasteiger partial charge on any atom is 0.501 e. The van der Waals surface area contributed by atoms with E-state index in [0.29, 0.717) is 12.1 Å². The number of benzene rings is 1. The summed E-state index contributed by atoms with van der Waals surface area (Å²) in [7, 11) is -9.37. The molecule has 0 N–H and O–H groups in total. The fourth-order valence-corrected chi connectivity index (χ4v) is 4.47. The van der Waals surface area contributed by atoms with Gasteiger partial charge in [-0.15, -0.1) is 0 Å². The smallest absolute Gasteiger partial charge is 0.433 e. The van der Waals surface area contributed by atoms with E-state index in [0.717, 1.165) is 0 Å². The molecule has 0 spiro atoms. The maximum absolute atomic E-state index is 12.8. The van der Waals surface area contributed by atoms with Gasteiger partial charge >= 0.3 is 5.51 Å². The molecule has 0 bridgehead atoms. The number of aromatic nitrogens is 2. The third kappa shape index (κ3) is 3.35. The first-order valence-electron chi connectivity index (χ1n) is 7.48. The van der Waals surface area contributed by atoms with E-state index in [-0.39, 0.29) is 33.3 Å². The second-order valence-electron chi connectivity index (χ2n) is 5.48. The molecule has 28 heavy (non-hydrogen) atoms. The van der Waals surface area contributed by atoms with E-state index >= 15 is 0 Å². The molecular formula is C15H10ClF3N2O5S2. The Morgan fingerprint density at radius 1 is 1.18 bits per heavy atom. The molecular weight excluding hydrogens is 445 g/mol. The van der Waals surface area contributed by atoms with E-state index in [9.17, 15) is 30.0 Å². The first kappa shape index (κ1) is 20.6. The minimum Gasteiger partial charge on any atom is -0.433 e. The van der Waals surface area contributed by atoms with Gasteiger partial charge in [-0.1, -0.05) is 18.5 Å². The Morgan fingerprint density at radius 2 is 1.86 bits per heavy atom. The number of fused-ring (bicyclic) bond motifs is 1. The summed E-state index contributed by atoms with van der Waals surface area (Å²) in [6.45, 7) is 1.42. The quantitative estimate of drug-likeness (QED) is 0.592. The zero-order chi connectivity index (χ0) is 20.9. The summed E-state index contributed by atoms with van der Waals surface area (Å²) in [4.78, 5) is 6.52. The van der Waals surface area contributed by atoms with Crippen molar-refractivity contribution in [1.29, 1.82) is 0 Å². The third-order valence-corrected chi connectivity index (χ3v) is 7.23. The van der Waals surface area contributed by atoms with Crippen molar-refractivity contribution in [2.24, 2.45) is 0 Å². The number of halogens is 4. The maximum atomic E-state index is 12.8. The van der Waals surface area contributed by atoms with E-state index < -0.39 is 35.1 Å². The molecule has 0 saturated carbocycles. The van der Waals surface area contributed by atoms with Gasteiger partial charge < -0.3 is 4.42 Å². The van der Waals surface area contributed by atoms with E-state index in [2.05, 4.69) is 9.97 Å². The van der Waals surface area contributed by atoms with E-state index in [1.807, 2.05) is 0 Å². The molecule has 0 amide bonds. The number of alkyl halides is 3. The van der Waals surface area contributed by atoms with Crippen molar-refractivity contribution in [1.82, 2.24) is 9.97 Å². The zero-order valence-corrected chi connectivity index (χ0v) is 16.2. The molecule has 3 rings (SSSR count). The standard InChI is InChI=1S/C15H10ClF3N2O5S2/c1-2-27(22,23)11-4-3-5-20-12(11)14-21-10-7-8(6-9(16)13(10)26-14)28(24,25)15(17,18)19/h3-7H,2H2,1H3. The number of nitrogens with zero attached hydrogens (tertiary/aromatic N) is 2. The number of hydrogen-bond acceptors (Lipinski definition) is 7. The second-order valence-corrected chi connectivity index (χ2v) is 10.1. The Labute approximate surface area is 162 Å². The van der Waals surface area contributed by atoms with Gasteiger partial charge in [0.2, 0.25) is 5.89 Å². The van der Waals surface area contributed by atoms with Crippen LogP contribution >= 0.6 is 11.6 Å². The monoisotopic (exact) mass is 454 g/mol. The summed E-state index contributed by atoms with van der Waals surface area (Å²) < 4.78 is 91.5. The van der Waals surface area contributed by atoms with Crippen LogP contribution in [0.5, 0.6) is 0 Å². The van der Waals surface area contributed by atoms with Crippen molar-refractivity contribution in [3.8, 4) is 11.6 Å². The van der Waals surface area contributed by atoms with Crippen LogP contribution < -0.4 is 0 Å². The molecule has 0 saturated heterocycles. The molecule has 2 aromatic heterocycles. The molecule has 0 radical (unpaired) electrons. The van der Waals surface area contributed by atoms with E-state index in [1.54, 1.807) is 0 Å². The largest absolute Gasteiger partial charge is 0.501 e. The third-order valence-electron chi connectivity index (χ3n) is 3.72. The minimum absolute atomic E-state index is 0.170. The number of sulfone groups is 2. The number of rotatable bonds is 4. The molecule has 0 atom stereocenters. The van der Waals surface area contributed by atoms with Crippen LogP contribution in [-0.2, 0) is 19.7 Å². The van der Waals surface area contributed by atoms with Gasteiger partial charge in [0.15, 0.2) is 15.4 Å². The lowest BCUT2D eigenvalue weighted by molar-refractivity contribution is -0.0435. The summed E-state index contributed by atoms with van der Waals surface area (Å²) in [5, 5.41) is -0.435. The summed E-state index contributed by atoms with van der Waals surface area (Å²) in [6.07, 6.45) is 1.28. The van der Waals surface area contributed by atoms with Crippen molar-refractivity contribution in [2.75, 3.05) is 5.75 Å². The fourth-order valence-electron chi connectivity index (χ4n) is 2.32. The fraction of sp³-hybridized carbons (Fsp3) is 0.200. The van der Waals surface area contributed by atoms with Crippen LogP contribution in [0.15, 0.2) is 44.7 Å². The van der Waals surface area contributed by atoms with Crippen molar-refractivity contribution in [3.05, 3.63) is 35.5 Å². The summed E-state index contributed by atoms with van der Waals surface area (Å²) >= 11 is 5.87. The van der Waals surface area contributed by atoms with Gasteiger partial charge in [-0.2, -0.15) is 13.2 Å². The van der Waals surface area contributed by atoms with Crippen LogP contribution in [0, 0.1) is 0 Å². The topological polar surface area (TPSA) is 107 Å². The highest BCUT2D eigenvalue weighted by molar-refractivity contribution is 7.92. The van der Waals surface area contributed by atoms with Crippen LogP contribution in [0.4, 0.5) is 13.2 Å². The van der Waals surface area contributed by atoms with E-state index in [1.165, 1.54) is 25.3 Å². The average molecular weight is 455 g/mol. The van der Waals surface area contributed by atoms with Gasteiger partial charge in [0.05, 0.1) is 20.6 Å². The van der Waals surface area contributed by atoms with Gasteiger partial charge in [0, 0.05) is 6.20 Å². The van der Waals surface area contributed by atoms with Crippen molar-refractivity contribution < 1.29 is 34.4 Å². The molecule has 7 nitrogen and oxygen atoms in total. The number of hydrogen-bond donors (Lipinski definition) is 0. The molecule has 0 aliphatic carbocycles. The van der Waals surface area contributed by atoms with Gasteiger partial charge in [0.1, 0.15) is 11.2 Å². The number of oxazole rings is 1. The SMILES string of the molecule is CCS(=O)(=O)c1cccnc1-c1nc2cc(S(=O)(=O)C(F)(F)F)cc(Cl)c2o1. The molecule has 150 valence electrons. The summed E-state index contributed by atoms with van der Waals surface area (Å²) in [5.74, 6) is -0.563. The Hall–Kier alpha value is -2.18. The highest BCUT2D eigenvalue weighted by atomic mass is 35.5. The lowest BCUT2D eigenvalue weighted by Crippen LogP contribution is -2.23. The van der Waals surface area contributed by atoms with Crippen molar-refractivity contribution >= 4 is 42.4 Å². The van der Waals surface area contributed by atoms with Crippen LogP contribution in [0.3, 0.4) is 0 Å². The van der Waals surface area contributed by atoms with Gasteiger partial charge in [-0.3, -0.25) is 0 Å². The molecule has 13 heteroatoms. The highest BCUT2D eigenvalue weighted by Gasteiger charge is 2.47. The Kier molecular flexibility index (Phi) is 4.92. The summed E-state index contributed by atoms with van der Waals surface area (Å²) in [5.41, 5.74) is -6.20. The van der Waals surface area contributed by atoms with Crippen LogP contribution in [-0.4, -0.2) is 38.1 Å². The van der Waals surface area contributed by atoms with Crippen molar-refractivity contribution in [3.63, 3.8) is 0 Å². The summed E-state index contributed by atoms with van der Waals surface area (Å²) in [6, 6.07) is 3.89. The average Bonchev–Trinajstić information content (AvgIpc) is 3.05. The Balaban J connectivity index is 2.25. The molecule has 0 fully saturated rings. The van der Waals surface area contributed by atoms with Crippen LogP contribution in [0.25, 0.3) is 22.7 Å². The predicted molar refractivity (Wildman–Crippen MR) is 93.2 cm³/mol. The zero-order valence-electron chi connectivity index (χ0n) is 13.9. The van der Waals surface area contributed by atoms with Crippen LogP contribution in [0.2, 0.25) is 5.02 Å². The minimum atomic E-state index is -5.66. The predicted octanol–water partition coefficient (Wildman–Crippen LogP) is 3.63. The lowest BCUT2D eigenvalue weighted by atomic mass is 10.3. The highest BCUT2D eigenvalue weighted by Crippen LogP contribution is 2.37. The first-order valence-corrected chi connectivity index (χ1v) is 11.0.